The van der Waals surface area contributed by atoms with E-state index in [0.717, 1.165) is 0 Å². The Bertz CT molecular complexity index is 1420. The molecule has 2 N–H and O–H groups in total. The molecule has 5 rings (SSSR count). The molecule has 1 amide bonds. The van der Waals surface area contributed by atoms with Crippen molar-refractivity contribution in [2.24, 2.45) is 0 Å². The number of pyridine rings is 1. The zero-order valence-corrected chi connectivity index (χ0v) is 18.1. The van der Waals surface area contributed by atoms with Crippen LogP contribution < -0.4 is 4.74 Å². The van der Waals surface area contributed by atoms with Gasteiger partial charge in [-0.3, -0.25) is 14.6 Å². The molecule has 1 atom stereocenters. The van der Waals surface area contributed by atoms with E-state index in [2.05, 4.69) is 4.98 Å². The highest BCUT2D eigenvalue weighted by atomic mass is 16.5. The highest BCUT2D eigenvalue weighted by Crippen LogP contribution is 2.41. The number of aliphatic hydroxyl groups excluding tert-OH is 1. The zero-order valence-electron chi connectivity index (χ0n) is 18.1. The summed E-state index contributed by atoms with van der Waals surface area (Å²) in [7, 11) is 1.50. The third-order valence-corrected chi connectivity index (χ3v) is 5.77. The van der Waals surface area contributed by atoms with Crippen molar-refractivity contribution in [1.29, 1.82) is 0 Å². The number of benzene rings is 2. The van der Waals surface area contributed by atoms with Gasteiger partial charge < -0.3 is 24.3 Å². The normalized spacial score (nSPS) is 15.9. The molecule has 1 aliphatic rings. The van der Waals surface area contributed by atoms with Gasteiger partial charge in [0.15, 0.2) is 22.9 Å². The fourth-order valence-corrected chi connectivity index (χ4v) is 4.16. The Balaban J connectivity index is 1.60. The molecule has 0 saturated carbocycles. The summed E-state index contributed by atoms with van der Waals surface area (Å²) in [6.07, 6.45) is 1.60. The van der Waals surface area contributed by atoms with E-state index >= 15 is 0 Å². The lowest BCUT2D eigenvalue weighted by atomic mass is 9.95. The molecular formula is C26H20N2O6. The van der Waals surface area contributed by atoms with Gasteiger partial charge in [0.05, 0.1) is 31.0 Å². The molecule has 0 fully saturated rings. The predicted molar refractivity (Wildman–Crippen MR) is 122 cm³/mol. The minimum atomic E-state index is -0.905. The third kappa shape index (κ3) is 3.55. The van der Waals surface area contributed by atoms with Crippen molar-refractivity contribution < 1.29 is 29.0 Å². The fourth-order valence-electron chi connectivity index (χ4n) is 4.16. The minimum absolute atomic E-state index is 0.0303. The van der Waals surface area contributed by atoms with Gasteiger partial charge in [-0.25, -0.2) is 0 Å². The number of phenolic OH excluding ortho intramolecular Hbond substituents is 1. The van der Waals surface area contributed by atoms with E-state index in [4.69, 9.17) is 9.15 Å². The van der Waals surface area contributed by atoms with E-state index in [0.29, 0.717) is 28.0 Å². The number of fused-ring (bicyclic) bond motifs is 1. The summed E-state index contributed by atoms with van der Waals surface area (Å²) in [5.74, 6) is -1.49. The van der Waals surface area contributed by atoms with Gasteiger partial charge in [0.25, 0.3) is 5.91 Å². The van der Waals surface area contributed by atoms with E-state index in [1.54, 1.807) is 60.8 Å². The maximum absolute atomic E-state index is 13.6. The Morgan fingerprint density at radius 3 is 2.59 bits per heavy atom. The Kier molecular flexibility index (Phi) is 5.25. The van der Waals surface area contributed by atoms with Crippen LogP contribution in [0.15, 0.2) is 88.7 Å². The maximum Gasteiger partial charge on any atom is 0.290 e. The first kappa shape index (κ1) is 21.3. The second-order valence-electron chi connectivity index (χ2n) is 7.83. The minimum Gasteiger partial charge on any atom is -0.508 e. The van der Waals surface area contributed by atoms with Gasteiger partial charge in [0.1, 0.15) is 5.75 Å². The molecule has 8 nitrogen and oxygen atoms in total. The monoisotopic (exact) mass is 456 g/mol. The van der Waals surface area contributed by atoms with Gasteiger partial charge in [-0.05, 0) is 42.0 Å². The topological polar surface area (TPSA) is 113 Å². The Hall–Kier alpha value is -4.59. The number of phenols is 1. The van der Waals surface area contributed by atoms with Crippen LogP contribution in [0.25, 0.3) is 11.0 Å². The van der Waals surface area contributed by atoms with Crippen molar-refractivity contribution in [3.8, 4) is 11.5 Å². The van der Waals surface area contributed by atoms with Crippen molar-refractivity contribution in [2.45, 2.75) is 12.6 Å². The number of carbonyl (C=O) groups excluding carboxylic acids is 2. The average molecular weight is 456 g/mol. The Labute approximate surface area is 194 Å². The number of hydrogen-bond acceptors (Lipinski definition) is 7. The zero-order chi connectivity index (χ0) is 23.8. The second-order valence-corrected chi connectivity index (χ2v) is 7.83. The number of para-hydroxylation sites is 1. The van der Waals surface area contributed by atoms with E-state index < -0.39 is 23.5 Å². The van der Waals surface area contributed by atoms with Gasteiger partial charge >= 0.3 is 0 Å². The molecule has 0 spiro atoms. The van der Waals surface area contributed by atoms with Crippen molar-refractivity contribution in [3.63, 3.8) is 0 Å². The van der Waals surface area contributed by atoms with E-state index in [1.165, 1.54) is 24.1 Å². The van der Waals surface area contributed by atoms with Crippen LogP contribution in [0.5, 0.6) is 11.5 Å². The smallest absolute Gasteiger partial charge is 0.290 e. The number of hydrogen-bond donors (Lipinski definition) is 2. The van der Waals surface area contributed by atoms with Gasteiger partial charge in [-0.15, -0.1) is 0 Å². The first-order valence-electron chi connectivity index (χ1n) is 10.5. The standard InChI is InChI=1S/C26H20N2O6/c1-33-19-7-4-5-16-13-20(34-25(16)19)23(30)21-22(15-8-10-18(29)11-9-15)28(26(32)24(21)31)14-17-6-2-3-12-27-17/h2-13,22,29,31H,14H2,1H3. The quantitative estimate of drug-likeness (QED) is 0.416. The molecule has 0 aliphatic carbocycles. The second kappa shape index (κ2) is 8.40. The average Bonchev–Trinajstić information content (AvgIpc) is 3.40. The summed E-state index contributed by atoms with van der Waals surface area (Å²) in [5.41, 5.74) is 1.42. The highest BCUT2D eigenvalue weighted by molar-refractivity contribution is 6.16. The van der Waals surface area contributed by atoms with Crippen LogP contribution in [0.2, 0.25) is 0 Å². The van der Waals surface area contributed by atoms with Crippen LogP contribution in [-0.2, 0) is 11.3 Å². The van der Waals surface area contributed by atoms with Gasteiger partial charge in [-0.1, -0.05) is 30.3 Å². The number of carbonyl (C=O) groups is 2. The molecule has 3 heterocycles. The summed E-state index contributed by atoms with van der Waals surface area (Å²) in [5, 5.41) is 21.2. The number of nitrogens with zero attached hydrogens (tertiary/aromatic N) is 2. The molecule has 0 bridgehead atoms. The van der Waals surface area contributed by atoms with Crippen molar-refractivity contribution in [3.05, 3.63) is 101 Å². The first-order valence-corrected chi connectivity index (χ1v) is 10.5. The maximum atomic E-state index is 13.6. The third-order valence-electron chi connectivity index (χ3n) is 5.77. The molecule has 0 saturated heterocycles. The number of aromatic hydroxyl groups is 1. The van der Waals surface area contributed by atoms with Crippen molar-refractivity contribution in [2.75, 3.05) is 7.11 Å². The number of aromatic nitrogens is 1. The van der Waals surface area contributed by atoms with Crippen LogP contribution >= 0.6 is 0 Å². The van der Waals surface area contributed by atoms with Gasteiger partial charge in [-0.2, -0.15) is 0 Å². The lowest BCUT2D eigenvalue weighted by molar-refractivity contribution is -0.130. The number of aliphatic hydroxyl groups is 1. The van der Waals surface area contributed by atoms with Crippen LogP contribution in [0.3, 0.4) is 0 Å². The predicted octanol–water partition coefficient (Wildman–Crippen LogP) is 4.32. The molecule has 0 radical (unpaired) electrons. The van der Waals surface area contributed by atoms with Crippen molar-refractivity contribution in [1.82, 2.24) is 9.88 Å². The molecule has 8 heteroatoms. The number of ketones is 1. The summed E-state index contributed by atoms with van der Waals surface area (Å²) in [6, 6.07) is 17.3. The summed E-state index contributed by atoms with van der Waals surface area (Å²) >= 11 is 0. The number of rotatable bonds is 6. The molecular weight excluding hydrogens is 436 g/mol. The molecule has 2 aromatic heterocycles. The molecule has 34 heavy (non-hydrogen) atoms. The Morgan fingerprint density at radius 2 is 1.88 bits per heavy atom. The SMILES string of the molecule is COc1cccc2cc(C(=O)C3=C(O)C(=O)N(Cc4ccccn4)C3c3ccc(O)cc3)oc12. The summed E-state index contributed by atoms with van der Waals surface area (Å²) < 4.78 is 11.1. The number of methoxy groups -OCH3 is 1. The van der Waals surface area contributed by atoms with Crippen LogP contribution in [0, 0.1) is 0 Å². The van der Waals surface area contributed by atoms with E-state index in [9.17, 15) is 19.8 Å². The van der Waals surface area contributed by atoms with Gasteiger partial charge in [0.2, 0.25) is 5.78 Å². The first-order chi connectivity index (χ1) is 16.5. The fraction of sp³-hybridized carbons (Fsp3) is 0.115. The summed E-state index contributed by atoms with van der Waals surface area (Å²) in [4.78, 5) is 32.4. The number of amides is 1. The lowest BCUT2D eigenvalue weighted by Gasteiger charge is -2.26. The van der Waals surface area contributed by atoms with E-state index in [1.807, 2.05) is 0 Å². The van der Waals surface area contributed by atoms with Crippen LogP contribution in [-0.4, -0.2) is 38.9 Å². The number of ether oxygens (including phenoxy) is 1. The molecule has 1 unspecified atom stereocenters. The van der Waals surface area contributed by atoms with E-state index in [-0.39, 0.29) is 23.6 Å². The number of Topliss-reactive ketones (excluding diaryl/α,β-unsaturated/α-hetero) is 1. The molecule has 1 aliphatic heterocycles. The lowest BCUT2D eigenvalue weighted by Crippen LogP contribution is -2.31. The molecule has 2 aromatic carbocycles. The molecule has 4 aromatic rings. The van der Waals surface area contributed by atoms with Crippen LogP contribution in [0.4, 0.5) is 0 Å². The van der Waals surface area contributed by atoms with Crippen molar-refractivity contribution >= 4 is 22.7 Å². The molecule has 170 valence electrons. The largest absolute Gasteiger partial charge is 0.508 e. The summed E-state index contributed by atoms with van der Waals surface area (Å²) in [6.45, 7) is 0.0695. The number of furan rings is 1. The van der Waals surface area contributed by atoms with Gasteiger partial charge in [0, 0.05) is 11.6 Å². The highest BCUT2D eigenvalue weighted by Gasteiger charge is 2.44. The Morgan fingerprint density at radius 1 is 1.09 bits per heavy atom. The van der Waals surface area contributed by atoms with Crippen LogP contribution in [0.1, 0.15) is 27.9 Å².